The standard InChI is InChI=1S/C17H25BrFNO/c1-3-20-17(12-8-6-4-5-7-9-12)13-10-14(18)15(19)11-16(13)21-2/h10-12,17,20H,3-9H2,1-2H3. The van der Waals surface area contributed by atoms with E-state index in [0.29, 0.717) is 16.1 Å². The van der Waals surface area contributed by atoms with Crippen molar-refractivity contribution in [3.63, 3.8) is 0 Å². The van der Waals surface area contributed by atoms with Gasteiger partial charge in [-0.25, -0.2) is 4.39 Å². The lowest BCUT2D eigenvalue weighted by molar-refractivity contribution is 0.316. The largest absolute Gasteiger partial charge is 0.496 e. The summed E-state index contributed by atoms with van der Waals surface area (Å²) >= 11 is 3.31. The highest BCUT2D eigenvalue weighted by molar-refractivity contribution is 9.10. The first-order valence-corrected chi connectivity index (χ1v) is 8.73. The summed E-state index contributed by atoms with van der Waals surface area (Å²) in [6.45, 7) is 3.02. The highest BCUT2D eigenvalue weighted by Crippen LogP contribution is 2.39. The predicted octanol–water partition coefficient (Wildman–Crippen LogP) is 5.22. The molecule has 2 rings (SSSR count). The minimum absolute atomic E-state index is 0.236. The maximum Gasteiger partial charge on any atom is 0.141 e. The maximum absolute atomic E-state index is 13.8. The van der Waals surface area contributed by atoms with Gasteiger partial charge in [-0.1, -0.05) is 32.6 Å². The molecular weight excluding hydrogens is 333 g/mol. The van der Waals surface area contributed by atoms with E-state index in [1.165, 1.54) is 44.6 Å². The highest BCUT2D eigenvalue weighted by Gasteiger charge is 2.26. The van der Waals surface area contributed by atoms with Crippen LogP contribution in [0, 0.1) is 11.7 Å². The molecular formula is C17H25BrFNO. The van der Waals surface area contributed by atoms with Gasteiger partial charge in [0.05, 0.1) is 11.6 Å². The normalized spacial score (nSPS) is 18.3. The Morgan fingerprint density at radius 2 is 1.95 bits per heavy atom. The number of hydrogen-bond acceptors (Lipinski definition) is 2. The molecule has 21 heavy (non-hydrogen) atoms. The third-order valence-corrected chi connectivity index (χ3v) is 5.01. The molecule has 1 aliphatic rings. The van der Waals surface area contributed by atoms with Crippen LogP contribution in [-0.2, 0) is 0 Å². The summed E-state index contributed by atoms with van der Waals surface area (Å²) in [7, 11) is 1.61. The van der Waals surface area contributed by atoms with Gasteiger partial charge in [0.2, 0.25) is 0 Å². The Morgan fingerprint density at radius 3 is 2.52 bits per heavy atom. The van der Waals surface area contributed by atoms with Crippen LogP contribution < -0.4 is 10.1 Å². The van der Waals surface area contributed by atoms with E-state index in [-0.39, 0.29) is 11.9 Å². The van der Waals surface area contributed by atoms with Crippen molar-refractivity contribution in [3.8, 4) is 5.75 Å². The number of hydrogen-bond donors (Lipinski definition) is 1. The smallest absolute Gasteiger partial charge is 0.141 e. The van der Waals surface area contributed by atoms with Crippen LogP contribution in [0.2, 0.25) is 0 Å². The van der Waals surface area contributed by atoms with E-state index in [0.717, 1.165) is 12.1 Å². The summed E-state index contributed by atoms with van der Waals surface area (Å²) in [6.07, 6.45) is 7.71. The average Bonchev–Trinajstić information content (AvgIpc) is 2.76. The number of benzene rings is 1. The molecule has 0 amide bonds. The second kappa shape index (κ2) is 8.14. The van der Waals surface area contributed by atoms with Crippen LogP contribution in [0.5, 0.6) is 5.75 Å². The van der Waals surface area contributed by atoms with Crippen LogP contribution in [0.4, 0.5) is 4.39 Å². The van der Waals surface area contributed by atoms with Crippen molar-refractivity contribution in [2.75, 3.05) is 13.7 Å². The summed E-state index contributed by atoms with van der Waals surface area (Å²) in [6, 6.07) is 3.60. The minimum atomic E-state index is -0.272. The molecule has 4 heteroatoms. The van der Waals surface area contributed by atoms with Gasteiger partial charge in [-0.05, 0) is 47.3 Å². The van der Waals surface area contributed by atoms with Gasteiger partial charge in [-0.15, -0.1) is 0 Å². The molecule has 1 aliphatic carbocycles. The molecule has 1 fully saturated rings. The number of rotatable bonds is 5. The van der Waals surface area contributed by atoms with Crippen molar-refractivity contribution < 1.29 is 9.13 Å². The van der Waals surface area contributed by atoms with Gasteiger partial charge in [-0.2, -0.15) is 0 Å². The predicted molar refractivity (Wildman–Crippen MR) is 88.3 cm³/mol. The second-order valence-corrected chi connectivity index (χ2v) is 6.65. The van der Waals surface area contributed by atoms with Crippen molar-refractivity contribution in [2.45, 2.75) is 51.5 Å². The van der Waals surface area contributed by atoms with E-state index in [1.807, 2.05) is 6.07 Å². The zero-order valence-corrected chi connectivity index (χ0v) is 14.5. The highest BCUT2D eigenvalue weighted by atomic mass is 79.9. The maximum atomic E-state index is 13.8. The lowest BCUT2D eigenvalue weighted by Crippen LogP contribution is -2.28. The molecule has 1 unspecified atom stereocenters. The molecule has 0 spiro atoms. The molecule has 118 valence electrons. The minimum Gasteiger partial charge on any atom is -0.496 e. The SMILES string of the molecule is CCNC(c1cc(Br)c(F)cc1OC)C1CCCCCC1. The zero-order valence-electron chi connectivity index (χ0n) is 12.9. The first kappa shape index (κ1) is 16.8. The van der Waals surface area contributed by atoms with Crippen LogP contribution in [0.15, 0.2) is 16.6 Å². The van der Waals surface area contributed by atoms with Gasteiger partial charge < -0.3 is 10.1 Å². The Kier molecular flexibility index (Phi) is 6.49. The third kappa shape index (κ3) is 4.19. The van der Waals surface area contributed by atoms with E-state index in [2.05, 4.69) is 28.2 Å². The number of methoxy groups -OCH3 is 1. The fraction of sp³-hybridized carbons (Fsp3) is 0.647. The number of ether oxygens (including phenoxy) is 1. The van der Waals surface area contributed by atoms with E-state index in [4.69, 9.17) is 4.74 Å². The third-order valence-electron chi connectivity index (χ3n) is 4.40. The van der Waals surface area contributed by atoms with Crippen LogP contribution in [0.25, 0.3) is 0 Å². The molecule has 2 nitrogen and oxygen atoms in total. The molecule has 1 aromatic carbocycles. The van der Waals surface area contributed by atoms with Crippen LogP contribution in [0.3, 0.4) is 0 Å². The Balaban J connectivity index is 2.34. The van der Waals surface area contributed by atoms with Gasteiger partial charge in [0.1, 0.15) is 11.6 Å². The van der Waals surface area contributed by atoms with Gasteiger partial charge in [0.25, 0.3) is 0 Å². The fourth-order valence-corrected chi connectivity index (χ4v) is 3.72. The lowest BCUT2D eigenvalue weighted by Gasteiger charge is -2.29. The van der Waals surface area contributed by atoms with E-state index in [1.54, 1.807) is 7.11 Å². The van der Waals surface area contributed by atoms with Gasteiger partial charge in [-0.3, -0.25) is 0 Å². The second-order valence-electron chi connectivity index (χ2n) is 5.80. The molecule has 0 aliphatic heterocycles. The topological polar surface area (TPSA) is 21.3 Å². The summed E-state index contributed by atoms with van der Waals surface area (Å²) in [5.74, 6) is 0.969. The summed E-state index contributed by atoms with van der Waals surface area (Å²) in [4.78, 5) is 0. The molecule has 0 bridgehead atoms. The monoisotopic (exact) mass is 357 g/mol. The van der Waals surface area contributed by atoms with Gasteiger partial charge in [0, 0.05) is 17.7 Å². The molecule has 0 aromatic heterocycles. The van der Waals surface area contributed by atoms with E-state index >= 15 is 0 Å². The average molecular weight is 358 g/mol. The molecule has 1 aromatic rings. The van der Waals surface area contributed by atoms with Crippen molar-refractivity contribution >= 4 is 15.9 Å². The summed E-state index contributed by atoms with van der Waals surface area (Å²) < 4.78 is 19.7. The summed E-state index contributed by atoms with van der Waals surface area (Å²) in [5, 5.41) is 3.59. The van der Waals surface area contributed by atoms with Gasteiger partial charge in [0.15, 0.2) is 0 Å². The first-order chi connectivity index (χ1) is 10.2. The molecule has 0 radical (unpaired) electrons. The van der Waals surface area contributed by atoms with Crippen LogP contribution in [0.1, 0.15) is 57.1 Å². The first-order valence-electron chi connectivity index (χ1n) is 7.93. The zero-order chi connectivity index (χ0) is 15.2. The van der Waals surface area contributed by atoms with Crippen molar-refractivity contribution in [2.24, 2.45) is 5.92 Å². The Morgan fingerprint density at radius 1 is 1.29 bits per heavy atom. The van der Waals surface area contributed by atoms with Crippen molar-refractivity contribution in [3.05, 3.63) is 28.0 Å². The molecule has 1 atom stereocenters. The van der Waals surface area contributed by atoms with Crippen LogP contribution in [-0.4, -0.2) is 13.7 Å². The van der Waals surface area contributed by atoms with Crippen molar-refractivity contribution in [1.29, 1.82) is 0 Å². The Hall–Kier alpha value is -0.610. The van der Waals surface area contributed by atoms with Gasteiger partial charge >= 0.3 is 0 Å². The Bertz CT molecular complexity index is 458. The quantitative estimate of drug-likeness (QED) is 0.729. The summed E-state index contributed by atoms with van der Waals surface area (Å²) in [5.41, 5.74) is 1.07. The van der Waals surface area contributed by atoms with E-state index in [9.17, 15) is 4.39 Å². The number of halogens is 2. The molecule has 1 N–H and O–H groups in total. The van der Waals surface area contributed by atoms with E-state index < -0.39 is 0 Å². The number of nitrogens with one attached hydrogen (secondary N) is 1. The lowest BCUT2D eigenvalue weighted by atomic mass is 9.86. The molecule has 0 heterocycles. The molecule has 1 saturated carbocycles. The molecule has 0 saturated heterocycles. The fourth-order valence-electron chi connectivity index (χ4n) is 3.36. The Labute approximate surface area is 135 Å². The van der Waals surface area contributed by atoms with Crippen molar-refractivity contribution in [1.82, 2.24) is 5.32 Å². The van der Waals surface area contributed by atoms with Crippen LogP contribution >= 0.6 is 15.9 Å².